The summed E-state index contributed by atoms with van der Waals surface area (Å²) < 4.78 is 0.486. The van der Waals surface area contributed by atoms with Crippen molar-refractivity contribution in [2.45, 2.75) is 6.54 Å². The lowest BCUT2D eigenvalue weighted by Crippen LogP contribution is -2.23. The fourth-order valence-corrected chi connectivity index (χ4v) is 1.92. The van der Waals surface area contributed by atoms with Crippen molar-refractivity contribution in [2.24, 2.45) is 0 Å². The van der Waals surface area contributed by atoms with Gasteiger partial charge >= 0.3 is 0 Å². The van der Waals surface area contributed by atoms with Crippen molar-refractivity contribution in [1.82, 2.24) is 15.5 Å². The van der Waals surface area contributed by atoms with Crippen molar-refractivity contribution >= 4 is 27.5 Å². The molecule has 0 spiro atoms. The van der Waals surface area contributed by atoms with Crippen LogP contribution >= 0.6 is 15.9 Å². The number of carbonyl (C=O) groups is 1. The first kappa shape index (κ1) is 14.1. The van der Waals surface area contributed by atoms with E-state index in [-0.39, 0.29) is 17.8 Å². The highest BCUT2D eigenvalue weighted by molar-refractivity contribution is 9.10. The molecule has 1 aromatic heterocycles. The van der Waals surface area contributed by atoms with E-state index in [2.05, 4.69) is 31.4 Å². The van der Waals surface area contributed by atoms with Gasteiger partial charge in [-0.2, -0.15) is 10.2 Å². The lowest BCUT2D eigenvalue weighted by molar-refractivity contribution is -0.384. The second-order valence-corrected chi connectivity index (χ2v) is 4.67. The van der Waals surface area contributed by atoms with E-state index in [0.29, 0.717) is 10.2 Å². The molecule has 7 nitrogen and oxygen atoms in total. The van der Waals surface area contributed by atoms with E-state index in [1.54, 1.807) is 12.1 Å². The maximum Gasteiger partial charge on any atom is 0.270 e. The van der Waals surface area contributed by atoms with Gasteiger partial charge in [0.2, 0.25) is 0 Å². The zero-order chi connectivity index (χ0) is 14.5. The zero-order valence-electron chi connectivity index (χ0n) is 10.1. The molecule has 0 bridgehead atoms. The summed E-state index contributed by atoms with van der Waals surface area (Å²) in [6.07, 6.45) is 1.53. The van der Waals surface area contributed by atoms with Crippen LogP contribution in [0, 0.1) is 10.1 Å². The fraction of sp³-hybridized carbons (Fsp3) is 0.0833. The van der Waals surface area contributed by atoms with Gasteiger partial charge in [-0.25, -0.2) is 0 Å². The minimum atomic E-state index is -0.550. The summed E-state index contributed by atoms with van der Waals surface area (Å²) in [5.41, 5.74) is 0.656. The molecule has 0 saturated carbocycles. The molecule has 2 rings (SSSR count). The van der Waals surface area contributed by atoms with Gasteiger partial charge in [0.1, 0.15) is 0 Å². The number of rotatable bonds is 4. The summed E-state index contributed by atoms with van der Waals surface area (Å²) in [6.45, 7) is 0.196. The van der Waals surface area contributed by atoms with E-state index in [1.807, 2.05) is 0 Å². The van der Waals surface area contributed by atoms with E-state index in [1.165, 1.54) is 24.4 Å². The topological polar surface area (TPSA) is 98.0 Å². The maximum absolute atomic E-state index is 12.0. The first-order valence-corrected chi connectivity index (χ1v) is 6.36. The third-order valence-electron chi connectivity index (χ3n) is 2.46. The normalized spacial score (nSPS) is 10.1. The van der Waals surface area contributed by atoms with E-state index < -0.39 is 10.8 Å². The monoisotopic (exact) mass is 336 g/mol. The first-order valence-electron chi connectivity index (χ1n) is 5.56. The van der Waals surface area contributed by atoms with Gasteiger partial charge in [-0.3, -0.25) is 14.9 Å². The SMILES string of the molecule is O=C(NCc1cccnn1)c1cc([N+](=O)[O-])ccc1Br. The molecule has 0 radical (unpaired) electrons. The van der Waals surface area contributed by atoms with Gasteiger partial charge in [-0.15, -0.1) is 0 Å². The van der Waals surface area contributed by atoms with Gasteiger partial charge in [0.15, 0.2) is 0 Å². The third kappa shape index (κ3) is 3.35. The number of nitrogens with zero attached hydrogens (tertiary/aromatic N) is 3. The largest absolute Gasteiger partial charge is 0.346 e. The molecule has 1 N–H and O–H groups in total. The Bertz CT molecular complexity index is 648. The highest BCUT2D eigenvalue weighted by Gasteiger charge is 2.15. The van der Waals surface area contributed by atoms with E-state index in [9.17, 15) is 14.9 Å². The molecule has 1 amide bonds. The number of non-ortho nitro benzene ring substituents is 1. The van der Waals surface area contributed by atoms with Crippen LogP contribution in [-0.2, 0) is 6.54 Å². The average molecular weight is 337 g/mol. The third-order valence-corrected chi connectivity index (χ3v) is 3.15. The van der Waals surface area contributed by atoms with Crippen molar-refractivity contribution < 1.29 is 9.72 Å². The number of halogens is 1. The summed E-state index contributed by atoms with van der Waals surface area (Å²) in [5.74, 6) is -0.425. The highest BCUT2D eigenvalue weighted by atomic mass is 79.9. The lowest BCUT2D eigenvalue weighted by atomic mass is 10.2. The standard InChI is InChI=1S/C12H9BrN4O3/c13-11-4-3-9(17(19)20)6-10(11)12(18)14-7-8-2-1-5-15-16-8/h1-6H,7H2,(H,14,18). The Morgan fingerprint density at radius 3 is 2.85 bits per heavy atom. The Hall–Kier alpha value is -2.35. The van der Waals surface area contributed by atoms with Crippen LogP contribution in [0.3, 0.4) is 0 Å². The molecule has 102 valence electrons. The van der Waals surface area contributed by atoms with Crippen LogP contribution in [0.5, 0.6) is 0 Å². The summed E-state index contributed by atoms with van der Waals surface area (Å²) in [4.78, 5) is 22.2. The smallest absolute Gasteiger partial charge is 0.270 e. The number of hydrogen-bond acceptors (Lipinski definition) is 5. The van der Waals surface area contributed by atoms with Crippen LogP contribution in [0.1, 0.15) is 16.1 Å². The molecule has 2 aromatic rings. The minimum Gasteiger partial charge on any atom is -0.346 e. The molecule has 0 unspecified atom stereocenters. The van der Waals surface area contributed by atoms with Crippen molar-refractivity contribution in [3.8, 4) is 0 Å². The van der Waals surface area contributed by atoms with Crippen LogP contribution in [0.4, 0.5) is 5.69 Å². The van der Waals surface area contributed by atoms with E-state index in [0.717, 1.165) is 0 Å². The van der Waals surface area contributed by atoms with Gasteiger partial charge in [0.25, 0.3) is 11.6 Å². The van der Waals surface area contributed by atoms with Crippen LogP contribution in [0.15, 0.2) is 41.0 Å². The molecule has 0 saturated heterocycles. The molecule has 0 aliphatic heterocycles. The Morgan fingerprint density at radius 1 is 1.40 bits per heavy atom. The van der Waals surface area contributed by atoms with Crippen LogP contribution in [0.2, 0.25) is 0 Å². The molecule has 0 atom stereocenters. The minimum absolute atomic E-state index is 0.141. The van der Waals surface area contributed by atoms with Gasteiger partial charge in [0, 0.05) is 22.8 Å². The highest BCUT2D eigenvalue weighted by Crippen LogP contribution is 2.22. The average Bonchev–Trinajstić information content (AvgIpc) is 2.46. The predicted molar refractivity (Wildman–Crippen MR) is 74.0 cm³/mol. The van der Waals surface area contributed by atoms with Gasteiger partial charge < -0.3 is 5.32 Å². The van der Waals surface area contributed by atoms with Crippen LogP contribution in [0.25, 0.3) is 0 Å². The number of nitro groups is 1. The Labute approximate surface area is 122 Å². The summed E-state index contributed by atoms with van der Waals surface area (Å²) >= 11 is 3.20. The van der Waals surface area contributed by atoms with Gasteiger partial charge in [-0.1, -0.05) is 0 Å². The molecule has 20 heavy (non-hydrogen) atoms. The summed E-state index contributed by atoms with van der Waals surface area (Å²) in [5, 5.41) is 20.9. The van der Waals surface area contributed by atoms with Crippen molar-refractivity contribution in [3.05, 3.63) is 62.4 Å². The summed E-state index contributed by atoms with van der Waals surface area (Å²) in [6, 6.07) is 7.43. The molecule has 8 heteroatoms. The van der Waals surface area contributed by atoms with E-state index >= 15 is 0 Å². The Morgan fingerprint density at radius 2 is 2.20 bits per heavy atom. The lowest BCUT2D eigenvalue weighted by Gasteiger charge is -2.06. The Balaban J connectivity index is 2.13. The number of carbonyl (C=O) groups excluding carboxylic acids is 1. The molecule has 1 heterocycles. The summed E-state index contributed by atoms with van der Waals surface area (Å²) in [7, 11) is 0. The van der Waals surface area contributed by atoms with Crippen LogP contribution in [-0.4, -0.2) is 21.0 Å². The number of nitro benzene ring substituents is 1. The Kier molecular flexibility index (Phi) is 4.36. The van der Waals surface area contributed by atoms with Gasteiger partial charge in [-0.05, 0) is 34.1 Å². The van der Waals surface area contributed by atoms with Crippen molar-refractivity contribution in [2.75, 3.05) is 0 Å². The van der Waals surface area contributed by atoms with Crippen molar-refractivity contribution in [1.29, 1.82) is 0 Å². The van der Waals surface area contributed by atoms with Crippen LogP contribution < -0.4 is 5.32 Å². The molecular weight excluding hydrogens is 328 g/mol. The molecule has 0 aliphatic carbocycles. The number of amides is 1. The van der Waals surface area contributed by atoms with Gasteiger partial charge in [0.05, 0.1) is 22.7 Å². The quantitative estimate of drug-likeness (QED) is 0.680. The molecule has 1 aromatic carbocycles. The first-order chi connectivity index (χ1) is 9.58. The predicted octanol–water partition coefficient (Wildman–Crippen LogP) is 2.08. The second-order valence-electron chi connectivity index (χ2n) is 3.82. The fourth-order valence-electron chi connectivity index (χ4n) is 1.49. The van der Waals surface area contributed by atoms with E-state index in [4.69, 9.17) is 0 Å². The maximum atomic E-state index is 12.0. The number of nitrogens with one attached hydrogen (secondary N) is 1. The second kappa shape index (κ2) is 6.20. The van der Waals surface area contributed by atoms with Crippen molar-refractivity contribution in [3.63, 3.8) is 0 Å². The molecular formula is C12H9BrN4O3. The molecule has 0 fully saturated rings. The number of hydrogen-bond donors (Lipinski definition) is 1. The number of aromatic nitrogens is 2. The number of benzene rings is 1. The zero-order valence-corrected chi connectivity index (χ0v) is 11.7. The molecule has 0 aliphatic rings.